The van der Waals surface area contributed by atoms with Crippen molar-refractivity contribution >= 4 is 27.3 Å². The Labute approximate surface area is 130 Å². The lowest BCUT2D eigenvalue weighted by atomic mass is 9.75. The Kier molecular flexibility index (Phi) is 4.74. The van der Waals surface area contributed by atoms with Crippen LogP contribution in [0.15, 0.2) is 24.3 Å². The normalized spacial score (nSPS) is 18.1. The first kappa shape index (κ1) is 16.7. The molecular weight excluding hydrogens is 306 g/mol. The fourth-order valence-electron chi connectivity index (χ4n) is 2.19. The zero-order valence-corrected chi connectivity index (χ0v) is 13.2. The van der Waals surface area contributed by atoms with E-state index in [1.54, 1.807) is 31.2 Å². The van der Waals surface area contributed by atoms with Crippen molar-refractivity contribution in [3.8, 4) is 0 Å². The summed E-state index contributed by atoms with van der Waals surface area (Å²) >= 11 is 0. The molecule has 1 amide bonds. The van der Waals surface area contributed by atoms with E-state index in [0.717, 1.165) is 6.42 Å². The summed E-state index contributed by atoms with van der Waals surface area (Å²) in [6.07, 6.45) is 1.92. The minimum atomic E-state index is -3.33. The number of benzene rings is 1. The molecule has 1 aliphatic rings. The number of carbonyl (C=O) groups is 1. The smallest absolute Gasteiger partial charge is 0.244 e. The second-order valence-corrected chi connectivity index (χ2v) is 7.52. The van der Waals surface area contributed by atoms with Crippen LogP contribution in [-0.4, -0.2) is 36.8 Å². The molecule has 8 heteroatoms. The molecule has 1 aliphatic carbocycles. The fourth-order valence-corrected chi connectivity index (χ4v) is 2.83. The number of nitrogens with one attached hydrogen (secondary N) is 2. The molecule has 1 atom stereocenters. The van der Waals surface area contributed by atoms with Crippen LogP contribution in [0.3, 0.4) is 0 Å². The molecule has 122 valence electrons. The van der Waals surface area contributed by atoms with E-state index >= 15 is 0 Å². The molecule has 0 bridgehead atoms. The summed E-state index contributed by atoms with van der Waals surface area (Å²) in [5.74, 6) is -0.470. The van der Waals surface area contributed by atoms with E-state index in [4.69, 9.17) is 5.73 Å². The maximum Gasteiger partial charge on any atom is 0.244 e. The Morgan fingerprint density at radius 1 is 1.32 bits per heavy atom. The molecule has 0 spiro atoms. The van der Waals surface area contributed by atoms with Gasteiger partial charge in [-0.2, -0.15) is 0 Å². The van der Waals surface area contributed by atoms with Gasteiger partial charge in [-0.05, 0) is 50.5 Å². The van der Waals surface area contributed by atoms with Gasteiger partial charge in [-0.3, -0.25) is 9.52 Å². The summed E-state index contributed by atoms with van der Waals surface area (Å²) in [4.78, 5) is 12.0. The van der Waals surface area contributed by atoms with Crippen molar-refractivity contribution in [2.75, 3.05) is 15.8 Å². The molecule has 5 N–H and O–H groups in total. The SMILES string of the molecule is CCS(=O)(=O)Nc1ccc(NC(=O)C(N)C2(O)CCC2)cc1. The lowest BCUT2D eigenvalue weighted by molar-refractivity contribution is -0.128. The van der Waals surface area contributed by atoms with Crippen molar-refractivity contribution < 1.29 is 18.3 Å². The third-order valence-electron chi connectivity index (χ3n) is 3.89. The van der Waals surface area contributed by atoms with Crippen molar-refractivity contribution in [2.24, 2.45) is 5.73 Å². The summed E-state index contributed by atoms with van der Waals surface area (Å²) in [5.41, 5.74) is 5.58. The van der Waals surface area contributed by atoms with Gasteiger partial charge in [-0.25, -0.2) is 8.42 Å². The second kappa shape index (κ2) is 6.23. The average Bonchev–Trinajstić information content (AvgIpc) is 2.45. The van der Waals surface area contributed by atoms with Gasteiger partial charge in [-0.1, -0.05) is 0 Å². The highest BCUT2D eigenvalue weighted by atomic mass is 32.2. The fraction of sp³-hybridized carbons (Fsp3) is 0.500. The van der Waals surface area contributed by atoms with Crippen LogP contribution in [0.5, 0.6) is 0 Å². The van der Waals surface area contributed by atoms with E-state index in [1.165, 1.54) is 0 Å². The second-order valence-electron chi connectivity index (χ2n) is 5.51. The van der Waals surface area contributed by atoms with Gasteiger partial charge in [0.15, 0.2) is 0 Å². The number of anilines is 2. The summed E-state index contributed by atoms with van der Waals surface area (Å²) in [7, 11) is -3.33. The number of rotatable bonds is 6. The molecule has 2 rings (SSSR count). The van der Waals surface area contributed by atoms with Crippen LogP contribution in [0.2, 0.25) is 0 Å². The van der Waals surface area contributed by atoms with Crippen LogP contribution in [0.4, 0.5) is 11.4 Å². The van der Waals surface area contributed by atoms with Crippen molar-refractivity contribution in [2.45, 2.75) is 37.8 Å². The molecule has 1 fully saturated rings. The van der Waals surface area contributed by atoms with Crippen molar-refractivity contribution in [1.82, 2.24) is 0 Å². The number of amides is 1. The predicted molar refractivity (Wildman–Crippen MR) is 84.9 cm³/mol. The van der Waals surface area contributed by atoms with Gasteiger partial charge in [-0.15, -0.1) is 0 Å². The summed E-state index contributed by atoms with van der Waals surface area (Å²) < 4.78 is 25.3. The molecule has 1 aromatic carbocycles. The molecule has 0 radical (unpaired) electrons. The van der Waals surface area contributed by atoms with Gasteiger partial charge in [0.25, 0.3) is 0 Å². The molecule has 0 heterocycles. The maximum atomic E-state index is 12.0. The highest BCUT2D eigenvalue weighted by Gasteiger charge is 2.43. The molecule has 1 aromatic rings. The first-order valence-electron chi connectivity index (χ1n) is 7.15. The predicted octanol–water partition coefficient (Wildman–Crippen LogP) is 0.629. The number of carbonyl (C=O) groups excluding carboxylic acids is 1. The number of sulfonamides is 1. The first-order chi connectivity index (χ1) is 10.3. The van der Waals surface area contributed by atoms with E-state index in [9.17, 15) is 18.3 Å². The Morgan fingerprint density at radius 3 is 2.32 bits per heavy atom. The standard InChI is InChI=1S/C14H21N3O4S/c1-2-22(20,21)17-11-6-4-10(5-7-11)16-13(18)12(15)14(19)8-3-9-14/h4-7,12,17,19H,2-3,8-9,15H2,1H3,(H,16,18). The molecule has 0 saturated heterocycles. The van der Waals surface area contributed by atoms with Gasteiger partial charge in [0.2, 0.25) is 15.9 Å². The molecule has 1 saturated carbocycles. The molecule has 0 aromatic heterocycles. The van der Waals surface area contributed by atoms with E-state index in [1.807, 2.05) is 0 Å². The average molecular weight is 327 g/mol. The zero-order valence-electron chi connectivity index (χ0n) is 12.4. The zero-order chi connectivity index (χ0) is 16.4. The Bertz CT molecular complexity index is 639. The van der Waals surface area contributed by atoms with E-state index in [0.29, 0.717) is 24.2 Å². The third kappa shape index (κ3) is 3.76. The minimum Gasteiger partial charge on any atom is -0.388 e. The quantitative estimate of drug-likeness (QED) is 0.610. The molecular formula is C14H21N3O4S. The first-order valence-corrected chi connectivity index (χ1v) is 8.80. The topological polar surface area (TPSA) is 122 Å². The molecule has 22 heavy (non-hydrogen) atoms. The monoisotopic (exact) mass is 327 g/mol. The largest absolute Gasteiger partial charge is 0.388 e. The Hall–Kier alpha value is -1.64. The highest BCUT2D eigenvalue weighted by molar-refractivity contribution is 7.92. The lowest BCUT2D eigenvalue weighted by Gasteiger charge is -2.40. The van der Waals surface area contributed by atoms with E-state index in [-0.39, 0.29) is 5.75 Å². The summed E-state index contributed by atoms with van der Waals surface area (Å²) in [5, 5.41) is 12.7. The van der Waals surface area contributed by atoms with Crippen molar-refractivity contribution in [1.29, 1.82) is 0 Å². The minimum absolute atomic E-state index is 0.0150. The number of nitrogens with two attached hydrogens (primary N) is 1. The van der Waals surface area contributed by atoms with Gasteiger partial charge in [0.1, 0.15) is 6.04 Å². The van der Waals surface area contributed by atoms with E-state index < -0.39 is 27.6 Å². The van der Waals surface area contributed by atoms with Crippen LogP contribution < -0.4 is 15.8 Å². The Morgan fingerprint density at radius 2 is 1.86 bits per heavy atom. The van der Waals surface area contributed by atoms with Crippen molar-refractivity contribution in [3.05, 3.63) is 24.3 Å². The Balaban J connectivity index is 1.98. The lowest BCUT2D eigenvalue weighted by Crippen LogP contribution is -2.58. The number of aliphatic hydroxyl groups is 1. The highest BCUT2D eigenvalue weighted by Crippen LogP contribution is 2.34. The van der Waals surface area contributed by atoms with Crippen LogP contribution in [0.25, 0.3) is 0 Å². The van der Waals surface area contributed by atoms with Gasteiger partial charge < -0.3 is 16.2 Å². The van der Waals surface area contributed by atoms with Crippen LogP contribution in [0, 0.1) is 0 Å². The van der Waals surface area contributed by atoms with Crippen molar-refractivity contribution in [3.63, 3.8) is 0 Å². The van der Waals surface area contributed by atoms with Crippen LogP contribution >= 0.6 is 0 Å². The number of hydrogen-bond donors (Lipinski definition) is 4. The summed E-state index contributed by atoms with van der Waals surface area (Å²) in [6.45, 7) is 1.55. The van der Waals surface area contributed by atoms with Crippen LogP contribution in [-0.2, 0) is 14.8 Å². The molecule has 7 nitrogen and oxygen atoms in total. The molecule has 1 unspecified atom stereocenters. The van der Waals surface area contributed by atoms with Gasteiger partial charge in [0.05, 0.1) is 11.4 Å². The van der Waals surface area contributed by atoms with Crippen LogP contribution in [0.1, 0.15) is 26.2 Å². The third-order valence-corrected chi connectivity index (χ3v) is 5.19. The number of hydrogen-bond acceptors (Lipinski definition) is 5. The van der Waals surface area contributed by atoms with Gasteiger partial charge >= 0.3 is 0 Å². The summed E-state index contributed by atoms with van der Waals surface area (Å²) in [6, 6.07) is 5.27. The van der Waals surface area contributed by atoms with E-state index in [2.05, 4.69) is 10.0 Å². The molecule has 0 aliphatic heterocycles. The van der Waals surface area contributed by atoms with Gasteiger partial charge in [0, 0.05) is 11.4 Å². The maximum absolute atomic E-state index is 12.0.